The standard InChI is InChI=1S/C35H44N2O2/c1-23-10-12-24(13-11-23)22-30(25-8-6-5-7-9-25)36-33(39)29-16-15-27-26-14-17-31-35(3,21-19-32(38)37(31)4)28(26)18-20-34(27,29)2/h5-13,17,26-30H,14-16,18-22H2,1-4H3,(H,36,39)/t26-,27-,28+,29?,30?,34-,35+/m0/s1. The average Bonchev–Trinajstić information content (AvgIpc) is 3.30. The van der Waals surface area contributed by atoms with Gasteiger partial charge in [-0.15, -0.1) is 0 Å². The number of likely N-dealkylation sites (tertiary alicyclic amines) is 1. The van der Waals surface area contributed by atoms with Gasteiger partial charge in [0.2, 0.25) is 11.8 Å². The number of allylic oxidation sites excluding steroid dienone is 2. The summed E-state index contributed by atoms with van der Waals surface area (Å²) in [5, 5.41) is 3.54. The second kappa shape index (κ2) is 9.94. The molecule has 3 fully saturated rings. The van der Waals surface area contributed by atoms with Crippen LogP contribution >= 0.6 is 0 Å². The Kier molecular flexibility index (Phi) is 6.72. The predicted molar refractivity (Wildman–Crippen MR) is 156 cm³/mol. The molecule has 2 aromatic rings. The molecule has 1 saturated heterocycles. The molecule has 3 aliphatic carbocycles. The first-order chi connectivity index (χ1) is 18.7. The van der Waals surface area contributed by atoms with Crippen molar-refractivity contribution in [3.63, 3.8) is 0 Å². The highest BCUT2D eigenvalue weighted by atomic mass is 16.2. The third-order valence-corrected chi connectivity index (χ3v) is 11.4. The third-order valence-electron chi connectivity index (χ3n) is 11.4. The minimum absolute atomic E-state index is 0.0326. The van der Waals surface area contributed by atoms with Crippen molar-refractivity contribution in [1.82, 2.24) is 10.2 Å². The Morgan fingerprint density at radius 3 is 2.49 bits per heavy atom. The van der Waals surface area contributed by atoms with E-state index in [4.69, 9.17) is 0 Å². The summed E-state index contributed by atoms with van der Waals surface area (Å²) in [6, 6.07) is 19.1. The number of fused-ring (bicyclic) bond motifs is 5. The molecule has 1 aliphatic heterocycles. The van der Waals surface area contributed by atoms with Crippen molar-refractivity contribution in [2.45, 2.75) is 78.2 Å². The second-order valence-corrected chi connectivity index (χ2v) is 13.4. The summed E-state index contributed by atoms with van der Waals surface area (Å²) in [5.74, 6) is 2.33. The van der Waals surface area contributed by atoms with Gasteiger partial charge < -0.3 is 10.2 Å². The molecule has 2 saturated carbocycles. The fourth-order valence-corrected chi connectivity index (χ4v) is 9.18. The Hall–Kier alpha value is -2.88. The van der Waals surface area contributed by atoms with Crippen molar-refractivity contribution in [2.75, 3.05) is 7.05 Å². The molecule has 1 N–H and O–H groups in total. The lowest BCUT2D eigenvalue weighted by Gasteiger charge is -2.58. The molecule has 4 aliphatic rings. The van der Waals surface area contributed by atoms with Crippen molar-refractivity contribution < 1.29 is 9.59 Å². The van der Waals surface area contributed by atoms with Crippen LogP contribution in [0.4, 0.5) is 0 Å². The Balaban J connectivity index is 1.22. The lowest BCUT2D eigenvalue weighted by molar-refractivity contribution is -0.138. The van der Waals surface area contributed by atoms with E-state index >= 15 is 0 Å². The van der Waals surface area contributed by atoms with E-state index in [2.05, 4.69) is 80.7 Å². The zero-order valence-corrected chi connectivity index (χ0v) is 24.1. The lowest BCUT2D eigenvalue weighted by atomic mass is 9.49. The normalized spacial score (nSPS) is 34.4. The molecule has 4 heteroatoms. The van der Waals surface area contributed by atoms with E-state index in [9.17, 15) is 9.59 Å². The first-order valence-electron chi connectivity index (χ1n) is 15.1. The van der Waals surface area contributed by atoms with E-state index < -0.39 is 0 Å². The van der Waals surface area contributed by atoms with Gasteiger partial charge in [-0.1, -0.05) is 80.1 Å². The van der Waals surface area contributed by atoms with Crippen molar-refractivity contribution in [3.05, 3.63) is 83.1 Å². The summed E-state index contributed by atoms with van der Waals surface area (Å²) in [4.78, 5) is 28.5. The number of carbonyl (C=O) groups is 2. The summed E-state index contributed by atoms with van der Waals surface area (Å²) in [6.45, 7) is 6.94. The van der Waals surface area contributed by atoms with Crippen LogP contribution in [0.15, 0.2) is 66.4 Å². The molecule has 2 amide bonds. The van der Waals surface area contributed by atoms with E-state index in [1.54, 1.807) is 0 Å². The highest BCUT2D eigenvalue weighted by molar-refractivity contribution is 5.81. The molecule has 6 rings (SSSR count). The highest BCUT2D eigenvalue weighted by Crippen LogP contribution is 2.66. The number of benzene rings is 2. The smallest absolute Gasteiger partial charge is 0.226 e. The van der Waals surface area contributed by atoms with Crippen LogP contribution in [-0.4, -0.2) is 23.8 Å². The summed E-state index contributed by atoms with van der Waals surface area (Å²) in [5.41, 5.74) is 5.06. The molecule has 1 heterocycles. The molecule has 0 spiro atoms. The number of amides is 2. The van der Waals surface area contributed by atoms with Crippen LogP contribution in [0.3, 0.4) is 0 Å². The number of piperidine rings is 1. The molecule has 4 nitrogen and oxygen atoms in total. The van der Waals surface area contributed by atoms with Crippen molar-refractivity contribution in [3.8, 4) is 0 Å². The van der Waals surface area contributed by atoms with Crippen LogP contribution < -0.4 is 5.32 Å². The van der Waals surface area contributed by atoms with E-state index in [0.29, 0.717) is 24.2 Å². The SMILES string of the molecule is Cc1ccc(CC(NC(=O)C2CC[C@H]3[C@@H]4CC=C5N(C)C(=O)CC[C@]5(C)[C@@H]4CC[C@]23C)c2ccccc2)cc1. The van der Waals surface area contributed by atoms with Gasteiger partial charge in [0.25, 0.3) is 0 Å². The van der Waals surface area contributed by atoms with Crippen LogP contribution in [-0.2, 0) is 16.0 Å². The van der Waals surface area contributed by atoms with Crippen molar-refractivity contribution in [1.29, 1.82) is 0 Å². The third kappa shape index (κ3) is 4.44. The molecule has 206 valence electrons. The van der Waals surface area contributed by atoms with Crippen LogP contribution in [0.5, 0.6) is 0 Å². The minimum Gasteiger partial charge on any atom is -0.349 e. The largest absolute Gasteiger partial charge is 0.349 e. The van der Waals surface area contributed by atoms with Crippen LogP contribution in [0, 0.1) is 41.4 Å². The zero-order valence-electron chi connectivity index (χ0n) is 24.1. The van der Waals surface area contributed by atoms with Gasteiger partial charge in [-0.25, -0.2) is 0 Å². The lowest BCUT2D eigenvalue weighted by Crippen LogP contribution is -2.54. The van der Waals surface area contributed by atoms with Gasteiger partial charge >= 0.3 is 0 Å². The van der Waals surface area contributed by atoms with E-state index in [0.717, 1.165) is 44.9 Å². The van der Waals surface area contributed by atoms with Crippen molar-refractivity contribution >= 4 is 11.8 Å². The molecule has 0 radical (unpaired) electrons. The summed E-state index contributed by atoms with van der Waals surface area (Å²) >= 11 is 0. The summed E-state index contributed by atoms with van der Waals surface area (Å²) < 4.78 is 0. The molecule has 0 aromatic heterocycles. The van der Waals surface area contributed by atoms with Gasteiger partial charge in [0, 0.05) is 30.5 Å². The molecule has 7 atom stereocenters. The number of hydrogen-bond acceptors (Lipinski definition) is 2. The van der Waals surface area contributed by atoms with Gasteiger partial charge in [0.05, 0.1) is 6.04 Å². The Labute approximate surface area is 234 Å². The first kappa shape index (κ1) is 26.3. The number of hydrogen-bond donors (Lipinski definition) is 1. The number of rotatable bonds is 5. The maximum atomic E-state index is 14.1. The monoisotopic (exact) mass is 524 g/mol. The van der Waals surface area contributed by atoms with Gasteiger partial charge in [0.1, 0.15) is 0 Å². The molecule has 2 aromatic carbocycles. The number of nitrogens with one attached hydrogen (secondary N) is 1. The Morgan fingerprint density at radius 1 is 1.00 bits per heavy atom. The van der Waals surface area contributed by atoms with Crippen molar-refractivity contribution in [2.24, 2.45) is 34.5 Å². The minimum atomic E-state index is -0.0326. The predicted octanol–water partition coefficient (Wildman–Crippen LogP) is 7.00. The number of nitrogens with zero attached hydrogens (tertiary/aromatic N) is 1. The first-order valence-corrected chi connectivity index (χ1v) is 15.1. The fraction of sp³-hybridized carbons (Fsp3) is 0.543. The number of aryl methyl sites for hydroxylation is 1. The van der Waals surface area contributed by atoms with Crippen LogP contribution in [0.25, 0.3) is 0 Å². The van der Waals surface area contributed by atoms with Gasteiger partial charge in [-0.2, -0.15) is 0 Å². The average molecular weight is 525 g/mol. The topological polar surface area (TPSA) is 49.4 Å². The fourth-order valence-electron chi connectivity index (χ4n) is 9.18. The van der Waals surface area contributed by atoms with E-state index in [-0.39, 0.29) is 34.6 Å². The zero-order chi connectivity index (χ0) is 27.4. The quantitative estimate of drug-likeness (QED) is 0.458. The van der Waals surface area contributed by atoms with E-state index in [1.807, 2.05) is 18.0 Å². The second-order valence-electron chi connectivity index (χ2n) is 13.4. The maximum Gasteiger partial charge on any atom is 0.226 e. The highest BCUT2D eigenvalue weighted by Gasteiger charge is 2.60. The number of carbonyl (C=O) groups excluding carboxylic acids is 2. The summed E-state index contributed by atoms with van der Waals surface area (Å²) in [6.07, 6.45) is 10.2. The molecule has 2 unspecified atom stereocenters. The van der Waals surface area contributed by atoms with Gasteiger partial charge in [-0.3, -0.25) is 9.59 Å². The Morgan fingerprint density at radius 2 is 1.74 bits per heavy atom. The molecular formula is C35H44N2O2. The molecule has 39 heavy (non-hydrogen) atoms. The van der Waals surface area contributed by atoms with Gasteiger partial charge in [-0.05, 0) is 86.2 Å². The van der Waals surface area contributed by atoms with Gasteiger partial charge in [0.15, 0.2) is 0 Å². The summed E-state index contributed by atoms with van der Waals surface area (Å²) in [7, 11) is 1.97. The van der Waals surface area contributed by atoms with E-state index in [1.165, 1.54) is 22.4 Å². The van der Waals surface area contributed by atoms with Crippen LogP contribution in [0.1, 0.15) is 81.5 Å². The molecule has 0 bridgehead atoms. The Bertz CT molecular complexity index is 1270. The maximum absolute atomic E-state index is 14.1. The molecular weight excluding hydrogens is 480 g/mol. The van der Waals surface area contributed by atoms with Crippen LogP contribution in [0.2, 0.25) is 0 Å².